The standard InChI is InChI=1S/C13H11OSe/c1-2-7-12(8-3-1)15-13-9-5-4-6-11(13)10-14-15/h1-9H,10H2/q+1. The number of hydrogen-bond acceptors (Lipinski definition) is 1. The molecule has 1 aliphatic heterocycles. The van der Waals surface area contributed by atoms with Crippen LogP contribution in [0, 0.1) is 0 Å². The van der Waals surface area contributed by atoms with E-state index in [-0.39, 0.29) is 0 Å². The Morgan fingerprint density at radius 2 is 1.60 bits per heavy atom. The quantitative estimate of drug-likeness (QED) is 0.704. The minimum absolute atomic E-state index is 0.787. The minimum atomic E-state index is -1.19. The zero-order valence-corrected chi connectivity index (χ0v) is 9.93. The van der Waals surface area contributed by atoms with Crippen LogP contribution in [0.1, 0.15) is 5.56 Å². The molecule has 1 atom stereocenters. The SMILES string of the molecule is c1ccc([Se+]2OCc3ccccc32)cc1. The van der Waals surface area contributed by atoms with Gasteiger partial charge in [0, 0.05) is 0 Å². The van der Waals surface area contributed by atoms with Crippen LogP contribution < -0.4 is 8.92 Å². The molecule has 0 amide bonds. The molecule has 74 valence electrons. The van der Waals surface area contributed by atoms with Crippen LogP contribution in [0.5, 0.6) is 0 Å². The van der Waals surface area contributed by atoms with E-state index in [1.807, 2.05) is 0 Å². The molecular weight excluding hydrogens is 251 g/mol. The molecule has 1 unspecified atom stereocenters. The zero-order valence-electron chi connectivity index (χ0n) is 8.22. The third-order valence-corrected chi connectivity index (χ3v) is 6.35. The van der Waals surface area contributed by atoms with Crippen LogP contribution >= 0.6 is 0 Å². The molecule has 2 aromatic rings. The van der Waals surface area contributed by atoms with Crippen molar-refractivity contribution >= 4 is 23.2 Å². The molecule has 0 saturated heterocycles. The van der Waals surface area contributed by atoms with Crippen molar-refractivity contribution in [2.45, 2.75) is 6.61 Å². The summed E-state index contributed by atoms with van der Waals surface area (Å²) in [4.78, 5) is 0. The van der Waals surface area contributed by atoms with Crippen molar-refractivity contribution in [3.8, 4) is 0 Å². The van der Waals surface area contributed by atoms with E-state index in [0.717, 1.165) is 6.61 Å². The molecule has 0 N–H and O–H groups in total. The van der Waals surface area contributed by atoms with Crippen molar-refractivity contribution in [2.24, 2.45) is 0 Å². The monoisotopic (exact) mass is 263 g/mol. The number of rotatable bonds is 1. The molecule has 0 aliphatic carbocycles. The summed E-state index contributed by atoms with van der Waals surface area (Å²) < 4.78 is 8.73. The third-order valence-electron chi connectivity index (χ3n) is 2.46. The average Bonchev–Trinajstić information content (AvgIpc) is 2.74. The van der Waals surface area contributed by atoms with Crippen molar-refractivity contribution in [1.29, 1.82) is 0 Å². The average molecular weight is 262 g/mol. The molecule has 0 radical (unpaired) electrons. The summed E-state index contributed by atoms with van der Waals surface area (Å²) in [7, 11) is 0. The van der Waals surface area contributed by atoms with Crippen LogP contribution in [-0.2, 0) is 10.4 Å². The second kappa shape index (κ2) is 3.82. The van der Waals surface area contributed by atoms with Gasteiger partial charge in [-0.3, -0.25) is 0 Å². The van der Waals surface area contributed by atoms with Crippen LogP contribution in [0.4, 0.5) is 0 Å². The molecule has 3 rings (SSSR count). The van der Waals surface area contributed by atoms with E-state index in [0.29, 0.717) is 0 Å². The summed E-state index contributed by atoms with van der Waals surface area (Å²) >= 11 is -1.19. The van der Waals surface area contributed by atoms with E-state index in [9.17, 15) is 0 Å². The van der Waals surface area contributed by atoms with Crippen molar-refractivity contribution in [1.82, 2.24) is 0 Å². The van der Waals surface area contributed by atoms with Gasteiger partial charge < -0.3 is 0 Å². The van der Waals surface area contributed by atoms with Crippen molar-refractivity contribution in [2.75, 3.05) is 0 Å². The first-order valence-electron chi connectivity index (χ1n) is 4.96. The van der Waals surface area contributed by atoms with Crippen LogP contribution in [0.2, 0.25) is 0 Å². The Kier molecular flexibility index (Phi) is 2.33. The van der Waals surface area contributed by atoms with E-state index < -0.39 is 14.2 Å². The molecule has 0 bridgehead atoms. The summed E-state index contributed by atoms with van der Waals surface area (Å²) in [6.45, 7) is 0.787. The Hall–Kier alpha value is -1.08. The van der Waals surface area contributed by atoms with Crippen LogP contribution in [0.15, 0.2) is 54.6 Å². The number of fused-ring (bicyclic) bond motifs is 1. The van der Waals surface area contributed by atoms with E-state index >= 15 is 0 Å². The molecule has 0 saturated carbocycles. The van der Waals surface area contributed by atoms with Crippen LogP contribution in [0.25, 0.3) is 0 Å². The Bertz CT molecular complexity index is 467. The van der Waals surface area contributed by atoms with Crippen molar-refractivity contribution in [3.05, 3.63) is 60.2 Å². The second-order valence-electron chi connectivity index (χ2n) is 3.45. The van der Waals surface area contributed by atoms with Gasteiger partial charge in [-0.2, -0.15) is 0 Å². The summed E-state index contributed by atoms with van der Waals surface area (Å²) in [5.41, 5.74) is 1.37. The van der Waals surface area contributed by atoms with Gasteiger partial charge in [0.1, 0.15) is 0 Å². The van der Waals surface area contributed by atoms with Gasteiger partial charge in [0.2, 0.25) is 0 Å². The zero-order chi connectivity index (χ0) is 10.1. The van der Waals surface area contributed by atoms with Crippen molar-refractivity contribution in [3.63, 3.8) is 0 Å². The van der Waals surface area contributed by atoms with Gasteiger partial charge in [-0.15, -0.1) is 0 Å². The summed E-state index contributed by atoms with van der Waals surface area (Å²) in [6, 6.07) is 19.1. The fourth-order valence-corrected chi connectivity index (χ4v) is 5.37. The first kappa shape index (κ1) is 9.17. The Labute approximate surface area is 93.9 Å². The molecule has 1 aliphatic rings. The summed E-state index contributed by atoms with van der Waals surface area (Å²) in [5.74, 6) is 0. The summed E-state index contributed by atoms with van der Waals surface area (Å²) in [5, 5.41) is 0. The maximum atomic E-state index is 5.93. The predicted octanol–water partition coefficient (Wildman–Crippen LogP) is 1.32. The molecular formula is C13H11OSe+. The second-order valence-corrected chi connectivity index (χ2v) is 6.99. The fourth-order valence-electron chi connectivity index (χ4n) is 1.73. The molecule has 0 fully saturated rings. The molecule has 2 heteroatoms. The molecule has 15 heavy (non-hydrogen) atoms. The predicted molar refractivity (Wildman–Crippen MR) is 62.7 cm³/mol. The van der Waals surface area contributed by atoms with Crippen LogP contribution in [0.3, 0.4) is 0 Å². The number of hydrogen-bond donors (Lipinski definition) is 0. The Morgan fingerprint density at radius 3 is 2.47 bits per heavy atom. The Morgan fingerprint density at radius 1 is 0.867 bits per heavy atom. The van der Waals surface area contributed by atoms with E-state index in [4.69, 9.17) is 3.82 Å². The van der Waals surface area contributed by atoms with Gasteiger partial charge in [-0.25, -0.2) is 0 Å². The number of benzene rings is 2. The van der Waals surface area contributed by atoms with Gasteiger partial charge in [0.15, 0.2) is 0 Å². The molecule has 0 spiro atoms. The van der Waals surface area contributed by atoms with Gasteiger partial charge in [-0.1, -0.05) is 0 Å². The molecule has 1 heterocycles. The van der Waals surface area contributed by atoms with Gasteiger partial charge in [0.25, 0.3) is 0 Å². The molecule has 1 nitrogen and oxygen atoms in total. The maximum absolute atomic E-state index is 5.93. The normalized spacial score (nSPS) is 18.8. The topological polar surface area (TPSA) is 9.23 Å². The molecule has 0 aromatic heterocycles. The molecule has 2 aromatic carbocycles. The summed E-state index contributed by atoms with van der Waals surface area (Å²) in [6.07, 6.45) is 0. The van der Waals surface area contributed by atoms with Gasteiger partial charge in [-0.05, 0) is 0 Å². The van der Waals surface area contributed by atoms with E-state index in [1.165, 1.54) is 14.5 Å². The fraction of sp³-hybridized carbons (Fsp3) is 0.0769. The van der Waals surface area contributed by atoms with E-state index in [2.05, 4.69) is 54.6 Å². The Balaban J connectivity index is 2.05. The van der Waals surface area contributed by atoms with Gasteiger partial charge in [0.05, 0.1) is 0 Å². The van der Waals surface area contributed by atoms with Gasteiger partial charge >= 0.3 is 93.7 Å². The van der Waals surface area contributed by atoms with E-state index in [1.54, 1.807) is 0 Å². The first-order chi connectivity index (χ1) is 7.45. The third kappa shape index (κ3) is 1.61. The van der Waals surface area contributed by atoms with Crippen molar-refractivity contribution < 1.29 is 3.82 Å². The van der Waals surface area contributed by atoms with Crippen LogP contribution in [-0.4, -0.2) is 14.2 Å². The first-order valence-corrected chi connectivity index (χ1v) is 7.37.